The number of fused-ring (bicyclic) bond motifs is 1. The Hall–Kier alpha value is -3.05. The Morgan fingerprint density at radius 2 is 1.72 bits per heavy atom. The average molecular weight is 399 g/mol. The number of aliphatic hydroxyl groups is 1. The maximum Gasteiger partial charge on any atom is 0.209 e. The van der Waals surface area contributed by atoms with Crippen LogP contribution in [0.4, 0.5) is 14.6 Å². The van der Waals surface area contributed by atoms with E-state index in [9.17, 15) is 13.9 Å². The third-order valence-corrected chi connectivity index (χ3v) is 4.77. The molecule has 0 spiro atoms. The number of halogens is 2. The van der Waals surface area contributed by atoms with Crippen LogP contribution in [-0.2, 0) is 6.54 Å². The molecule has 152 valence electrons. The van der Waals surface area contributed by atoms with E-state index in [0.29, 0.717) is 36.4 Å². The lowest BCUT2D eigenvalue weighted by Crippen LogP contribution is -2.23. The fourth-order valence-electron chi connectivity index (χ4n) is 3.02. The molecule has 0 aliphatic heterocycles. The molecular weight excluding hydrogens is 376 g/mol. The molecule has 0 saturated carbocycles. The minimum absolute atomic E-state index is 0.115. The number of nitrogens with zero attached hydrogens (tertiary/aromatic N) is 4. The van der Waals surface area contributed by atoms with Gasteiger partial charge in [0.2, 0.25) is 5.82 Å². The molecule has 0 aliphatic carbocycles. The second kappa shape index (κ2) is 8.13. The lowest BCUT2D eigenvalue weighted by atomic mass is 9.98. The molecule has 2 heterocycles. The van der Waals surface area contributed by atoms with E-state index in [1.165, 1.54) is 12.1 Å². The van der Waals surface area contributed by atoms with E-state index in [4.69, 9.17) is 5.73 Å². The average Bonchev–Trinajstić information content (AvgIpc) is 3.05. The van der Waals surface area contributed by atoms with Crippen molar-refractivity contribution in [3.8, 4) is 23.2 Å². The van der Waals surface area contributed by atoms with Crippen LogP contribution in [0.5, 0.6) is 0 Å². The molecule has 0 fully saturated rings. The van der Waals surface area contributed by atoms with E-state index in [0.717, 1.165) is 12.5 Å². The summed E-state index contributed by atoms with van der Waals surface area (Å²) in [6, 6.07) is 3.23. The summed E-state index contributed by atoms with van der Waals surface area (Å²) in [5, 5.41) is 10.4. The van der Waals surface area contributed by atoms with Gasteiger partial charge in [0.1, 0.15) is 23.1 Å². The number of nitrogen functional groups attached to an aromatic ring is 1. The molecule has 8 heteroatoms. The lowest BCUT2D eigenvalue weighted by Gasteiger charge is -2.16. The Kier molecular flexibility index (Phi) is 5.80. The predicted octanol–water partition coefficient (Wildman–Crippen LogP) is 3.67. The van der Waals surface area contributed by atoms with Crippen LogP contribution in [0.1, 0.15) is 45.9 Å². The smallest absolute Gasteiger partial charge is 0.209 e. The highest BCUT2D eigenvalue weighted by molar-refractivity contribution is 5.85. The summed E-state index contributed by atoms with van der Waals surface area (Å²) in [6.45, 7) is 6.17. The number of rotatable bonds is 5. The molecule has 0 radical (unpaired) electrons. The SMILES string of the molecule is CCCn1c(-c2cc(F)cc(F)c2)nc2c(N)nc(C#CC(O)(CC)CC)nc21. The molecule has 6 nitrogen and oxygen atoms in total. The summed E-state index contributed by atoms with van der Waals surface area (Å²) in [7, 11) is 0. The zero-order chi connectivity index (χ0) is 21.2. The molecule has 0 atom stereocenters. The van der Waals surface area contributed by atoms with Gasteiger partial charge in [-0.2, -0.15) is 0 Å². The first-order valence-electron chi connectivity index (χ1n) is 9.56. The number of anilines is 1. The van der Waals surface area contributed by atoms with Crippen molar-refractivity contribution >= 4 is 17.0 Å². The quantitative estimate of drug-likeness (QED) is 0.639. The molecule has 3 N–H and O–H groups in total. The monoisotopic (exact) mass is 399 g/mol. The van der Waals surface area contributed by atoms with Gasteiger partial charge in [-0.05, 0) is 37.3 Å². The van der Waals surface area contributed by atoms with Crippen molar-refractivity contribution in [2.45, 2.75) is 52.2 Å². The van der Waals surface area contributed by atoms with Crippen molar-refractivity contribution in [1.29, 1.82) is 0 Å². The topological polar surface area (TPSA) is 89.9 Å². The van der Waals surface area contributed by atoms with Crippen molar-refractivity contribution in [1.82, 2.24) is 19.5 Å². The Morgan fingerprint density at radius 1 is 1.07 bits per heavy atom. The molecule has 0 unspecified atom stereocenters. The largest absolute Gasteiger partial charge is 0.382 e. The zero-order valence-electron chi connectivity index (χ0n) is 16.6. The summed E-state index contributed by atoms with van der Waals surface area (Å²) < 4.78 is 29.2. The van der Waals surface area contributed by atoms with E-state index in [-0.39, 0.29) is 17.2 Å². The van der Waals surface area contributed by atoms with Gasteiger partial charge in [0, 0.05) is 18.2 Å². The molecule has 0 saturated heterocycles. The maximum absolute atomic E-state index is 13.7. The number of aromatic nitrogens is 4. The van der Waals surface area contributed by atoms with Crippen LogP contribution in [0, 0.1) is 23.5 Å². The Bertz CT molecular complexity index is 1090. The molecule has 0 aliphatic rings. The molecule has 29 heavy (non-hydrogen) atoms. The first kappa shape index (κ1) is 20.7. The number of imidazole rings is 1. The fraction of sp³-hybridized carbons (Fsp3) is 0.381. The van der Waals surface area contributed by atoms with E-state index in [1.54, 1.807) is 4.57 Å². The molecule has 0 amide bonds. The van der Waals surface area contributed by atoms with Crippen molar-refractivity contribution in [2.75, 3.05) is 5.73 Å². The standard InChI is InChI=1S/C21H23F2N5O/c1-4-9-28-19(13-10-14(22)12-15(23)11-13)27-17-18(24)25-16(26-20(17)28)7-8-21(29,5-2)6-3/h10-12,29H,4-6,9H2,1-3H3,(H2,24,25,26). The Morgan fingerprint density at radius 3 is 2.31 bits per heavy atom. The second-order valence-corrected chi connectivity index (χ2v) is 6.84. The van der Waals surface area contributed by atoms with Crippen molar-refractivity contribution < 1.29 is 13.9 Å². The summed E-state index contributed by atoms with van der Waals surface area (Å²) in [5.74, 6) is 4.83. The first-order valence-corrected chi connectivity index (χ1v) is 9.56. The van der Waals surface area contributed by atoms with Gasteiger partial charge in [0.25, 0.3) is 0 Å². The van der Waals surface area contributed by atoms with Gasteiger partial charge < -0.3 is 15.4 Å². The minimum atomic E-state index is -1.12. The van der Waals surface area contributed by atoms with Gasteiger partial charge in [0.15, 0.2) is 17.0 Å². The van der Waals surface area contributed by atoms with Crippen molar-refractivity contribution in [3.63, 3.8) is 0 Å². The van der Waals surface area contributed by atoms with Gasteiger partial charge in [-0.15, -0.1) is 0 Å². The highest BCUT2D eigenvalue weighted by Crippen LogP contribution is 2.28. The van der Waals surface area contributed by atoms with Crippen LogP contribution in [0.2, 0.25) is 0 Å². The molecule has 1 aromatic carbocycles. The van der Waals surface area contributed by atoms with Crippen molar-refractivity contribution in [3.05, 3.63) is 35.7 Å². The maximum atomic E-state index is 13.7. The minimum Gasteiger partial charge on any atom is -0.382 e. The van der Waals surface area contributed by atoms with E-state index in [2.05, 4.69) is 26.8 Å². The number of hydrogen-bond acceptors (Lipinski definition) is 5. The number of aryl methyl sites for hydroxylation is 1. The van der Waals surface area contributed by atoms with Gasteiger partial charge in [0.05, 0.1) is 0 Å². The highest BCUT2D eigenvalue weighted by Gasteiger charge is 2.20. The molecular formula is C21H23F2N5O. The number of nitrogens with two attached hydrogens (primary N) is 1. The fourth-order valence-corrected chi connectivity index (χ4v) is 3.02. The van der Waals surface area contributed by atoms with Gasteiger partial charge in [-0.25, -0.2) is 23.7 Å². The van der Waals surface area contributed by atoms with Crippen LogP contribution in [0.3, 0.4) is 0 Å². The number of hydrogen-bond donors (Lipinski definition) is 2. The van der Waals surface area contributed by atoms with Gasteiger partial charge in [-0.3, -0.25) is 0 Å². The molecule has 2 aromatic heterocycles. The zero-order valence-corrected chi connectivity index (χ0v) is 16.6. The first-order chi connectivity index (χ1) is 13.8. The summed E-state index contributed by atoms with van der Waals surface area (Å²) >= 11 is 0. The summed E-state index contributed by atoms with van der Waals surface area (Å²) in [6.07, 6.45) is 1.68. The van der Waals surface area contributed by atoms with Crippen molar-refractivity contribution in [2.24, 2.45) is 0 Å². The van der Waals surface area contributed by atoms with Crippen LogP contribution in [0.15, 0.2) is 18.2 Å². The Balaban J connectivity index is 2.21. The highest BCUT2D eigenvalue weighted by atomic mass is 19.1. The lowest BCUT2D eigenvalue weighted by molar-refractivity contribution is 0.0931. The van der Waals surface area contributed by atoms with Crippen LogP contribution in [0.25, 0.3) is 22.6 Å². The van der Waals surface area contributed by atoms with Crippen LogP contribution >= 0.6 is 0 Å². The second-order valence-electron chi connectivity index (χ2n) is 6.84. The van der Waals surface area contributed by atoms with E-state index >= 15 is 0 Å². The van der Waals surface area contributed by atoms with Crippen LogP contribution < -0.4 is 5.73 Å². The van der Waals surface area contributed by atoms with Gasteiger partial charge >= 0.3 is 0 Å². The predicted molar refractivity (Wildman–Crippen MR) is 108 cm³/mol. The third kappa shape index (κ3) is 4.20. The van der Waals surface area contributed by atoms with E-state index in [1.807, 2.05) is 20.8 Å². The van der Waals surface area contributed by atoms with Crippen LogP contribution in [-0.4, -0.2) is 30.2 Å². The molecule has 3 rings (SSSR count). The van der Waals surface area contributed by atoms with E-state index < -0.39 is 17.2 Å². The summed E-state index contributed by atoms with van der Waals surface area (Å²) in [4.78, 5) is 13.1. The normalized spacial score (nSPS) is 11.5. The summed E-state index contributed by atoms with van der Waals surface area (Å²) in [5.41, 5.74) is 6.00. The Labute approximate surface area is 167 Å². The third-order valence-electron chi connectivity index (χ3n) is 4.77. The number of benzene rings is 1. The molecule has 3 aromatic rings. The van der Waals surface area contributed by atoms with Gasteiger partial charge in [-0.1, -0.05) is 26.7 Å². The molecule has 0 bridgehead atoms.